The lowest BCUT2D eigenvalue weighted by Crippen LogP contribution is -2.51. The van der Waals surface area contributed by atoms with Crippen molar-refractivity contribution in [3.05, 3.63) is 36.2 Å². The lowest BCUT2D eigenvalue weighted by atomic mass is 10.0. The number of benzene rings is 1. The van der Waals surface area contributed by atoms with Crippen molar-refractivity contribution < 1.29 is 18.8 Å². The fraction of sp³-hybridized carbons (Fsp3) is 0.412. The van der Waals surface area contributed by atoms with Crippen LogP contribution in [0.15, 0.2) is 34.9 Å². The van der Waals surface area contributed by atoms with Gasteiger partial charge in [-0.25, -0.2) is 4.79 Å². The van der Waals surface area contributed by atoms with Gasteiger partial charge in [-0.2, -0.15) is 4.98 Å². The maximum atomic E-state index is 12.4. The second-order valence-electron chi connectivity index (χ2n) is 5.77. The lowest BCUT2D eigenvalue weighted by molar-refractivity contribution is -0.127. The van der Waals surface area contributed by atoms with Crippen molar-refractivity contribution in [2.75, 3.05) is 13.7 Å². The third kappa shape index (κ3) is 3.96. The molecule has 2 amide bonds. The van der Waals surface area contributed by atoms with Crippen molar-refractivity contribution in [2.24, 2.45) is 0 Å². The van der Waals surface area contributed by atoms with Crippen LogP contribution in [0.4, 0.5) is 4.79 Å². The molecule has 8 heteroatoms. The molecule has 25 heavy (non-hydrogen) atoms. The molecular formula is C17H20N4O4. The molecule has 132 valence electrons. The smallest absolute Gasteiger partial charge is 0.410 e. The van der Waals surface area contributed by atoms with E-state index in [-0.39, 0.29) is 12.5 Å². The van der Waals surface area contributed by atoms with Crippen molar-refractivity contribution in [3.8, 4) is 11.5 Å². The Balaban J connectivity index is 1.60. The van der Waals surface area contributed by atoms with E-state index in [4.69, 9.17) is 9.26 Å². The molecule has 8 nitrogen and oxygen atoms in total. The number of nitrogens with one attached hydrogen (secondary N) is 1. The van der Waals surface area contributed by atoms with E-state index < -0.39 is 12.1 Å². The van der Waals surface area contributed by atoms with Gasteiger partial charge in [0.15, 0.2) is 5.82 Å². The van der Waals surface area contributed by atoms with E-state index in [2.05, 4.69) is 15.5 Å². The number of ether oxygens (including phenoxy) is 1. The Morgan fingerprint density at radius 1 is 1.32 bits per heavy atom. The van der Waals surface area contributed by atoms with Crippen LogP contribution in [-0.2, 0) is 16.1 Å². The van der Waals surface area contributed by atoms with Crippen molar-refractivity contribution >= 4 is 12.0 Å². The molecule has 0 radical (unpaired) electrons. The second-order valence-corrected chi connectivity index (χ2v) is 5.77. The Bertz CT molecular complexity index is 731. The minimum Gasteiger partial charge on any atom is -0.453 e. The van der Waals surface area contributed by atoms with Gasteiger partial charge in [0, 0.05) is 12.1 Å². The van der Waals surface area contributed by atoms with Crippen molar-refractivity contribution in [3.63, 3.8) is 0 Å². The highest BCUT2D eigenvalue weighted by Crippen LogP contribution is 2.19. The summed E-state index contributed by atoms with van der Waals surface area (Å²) in [7, 11) is 1.32. The first-order valence-corrected chi connectivity index (χ1v) is 8.19. The summed E-state index contributed by atoms with van der Waals surface area (Å²) in [6, 6.07) is 8.87. The number of amides is 2. The molecule has 0 saturated carbocycles. The van der Waals surface area contributed by atoms with Crippen LogP contribution in [0.3, 0.4) is 0 Å². The summed E-state index contributed by atoms with van der Waals surface area (Å²) in [5, 5.41) is 6.64. The maximum absolute atomic E-state index is 12.4. The molecule has 1 aliphatic rings. The van der Waals surface area contributed by atoms with Gasteiger partial charge >= 0.3 is 6.09 Å². The van der Waals surface area contributed by atoms with Crippen molar-refractivity contribution in [1.29, 1.82) is 0 Å². The SMILES string of the molecule is COC(=O)N1CCCCC1C(=O)NCc1noc(-c2ccccc2)n1. The van der Waals surface area contributed by atoms with Gasteiger partial charge in [0.2, 0.25) is 5.91 Å². The zero-order valence-corrected chi connectivity index (χ0v) is 14.0. The summed E-state index contributed by atoms with van der Waals surface area (Å²) in [6.45, 7) is 0.659. The fourth-order valence-electron chi connectivity index (χ4n) is 2.85. The van der Waals surface area contributed by atoms with E-state index in [0.717, 1.165) is 18.4 Å². The van der Waals surface area contributed by atoms with Crippen molar-refractivity contribution in [2.45, 2.75) is 31.8 Å². The minimum atomic E-state index is -0.526. The van der Waals surface area contributed by atoms with E-state index in [1.807, 2.05) is 30.3 Å². The summed E-state index contributed by atoms with van der Waals surface area (Å²) in [6.07, 6.45) is 1.89. The monoisotopic (exact) mass is 344 g/mol. The quantitative estimate of drug-likeness (QED) is 0.911. The number of rotatable bonds is 4. The summed E-state index contributed by atoms with van der Waals surface area (Å²) < 4.78 is 9.96. The Hall–Kier alpha value is -2.90. The zero-order valence-electron chi connectivity index (χ0n) is 14.0. The molecule has 1 fully saturated rings. The Morgan fingerprint density at radius 2 is 2.12 bits per heavy atom. The van der Waals surface area contributed by atoms with E-state index in [1.54, 1.807) is 0 Å². The molecule has 1 aliphatic heterocycles. The highest BCUT2D eigenvalue weighted by atomic mass is 16.5. The van der Waals surface area contributed by atoms with Crippen molar-refractivity contribution in [1.82, 2.24) is 20.4 Å². The average molecular weight is 344 g/mol. The topological polar surface area (TPSA) is 97.6 Å². The highest BCUT2D eigenvalue weighted by molar-refractivity contribution is 5.85. The predicted octanol–water partition coefficient (Wildman–Crippen LogP) is 1.97. The Morgan fingerprint density at radius 3 is 2.88 bits per heavy atom. The molecule has 1 aromatic heterocycles. The molecule has 2 heterocycles. The average Bonchev–Trinajstić information content (AvgIpc) is 3.15. The first-order valence-electron chi connectivity index (χ1n) is 8.19. The number of hydrogen-bond donors (Lipinski definition) is 1. The first-order chi connectivity index (χ1) is 12.2. The van der Waals surface area contributed by atoms with Gasteiger partial charge in [-0.15, -0.1) is 0 Å². The first kappa shape index (κ1) is 16.9. The predicted molar refractivity (Wildman–Crippen MR) is 88.3 cm³/mol. The number of hydrogen-bond acceptors (Lipinski definition) is 6. The number of nitrogens with zero attached hydrogens (tertiary/aromatic N) is 3. The van der Waals surface area contributed by atoms with E-state index in [9.17, 15) is 9.59 Å². The molecule has 1 aromatic carbocycles. The van der Waals surface area contributed by atoms with Gasteiger partial charge in [-0.05, 0) is 31.4 Å². The Kier molecular flexibility index (Phi) is 5.27. The number of piperidine rings is 1. The standard InChI is InChI=1S/C17H20N4O4/c1-24-17(23)21-10-6-5-9-13(21)15(22)18-11-14-19-16(25-20-14)12-7-3-2-4-8-12/h2-4,7-8,13H,5-6,9-11H2,1H3,(H,18,22). The summed E-state index contributed by atoms with van der Waals surface area (Å²) in [4.78, 5) is 30.0. The van der Waals surface area contributed by atoms with Crippen LogP contribution in [-0.4, -0.2) is 46.7 Å². The summed E-state index contributed by atoms with van der Waals surface area (Å²) in [5.41, 5.74) is 0.816. The highest BCUT2D eigenvalue weighted by Gasteiger charge is 2.32. The zero-order chi connectivity index (χ0) is 17.6. The van der Waals surface area contributed by atoms with Gasteiger partial charge in [-0.1, -0.05) is 23.4 Å². The fourth-order valence-corrected chi connectivity index (χ4v) is 2.85. The van der Waals surface area contributed by atoms with Crippen LogP contribution in [0, 0.1) is 0 Å². The van der Waals surface area contributed by atoms with E-state index in [1.165, 1.54) is 12.0 Å². The molecule has 2 aromatic rings. The van der Waals surface area contributed by atoms with E-state index >= 15 is 0 Å². The second kappa shape index (κ2) is 7.78. The summed E-state index contributed by atoms with van der Waals surface area (Å²) >= 11 is 0. The van der Waals surface area contributed by atoms with Gasteiger partial charge in [0.25, 0.3) is 5.89 Å². The van der Waals surface area contributed by atoms with E-state index in [0.29, 0.717) is 24.7 Å². The normalized spacial score (nSPS) is 17.2. The van der Waals surface area contributed by atoms with Crippen LogP contribution >= 0.6 is 0 Å². The molecular weight excluding hydrogens is 324 g/mol. The molecule has 1 atom stereocenters. The molecule has 1 unspecified atom stereocenters. The molecule has 1 saturated heterocycles. The molecule has 0 aliphatic carbocycles. The molecule has 3 rings (SSSR count). The third-order valence-electron chi connectivity index (χ3n) is 4.12. The Labute approximate surface area is 145 Å². The number of likely N-dealkylation sites (tertiary alicyclic amines) is 1. The maximum Gasteiger partial charge on any atom is 0.410 e. The minimum absolute atomic E-state index is 0.140. The number of aromatic nitrogens is 2. The van der Waals surface area contributed by atoms with Gasteiger partial charge in [-0.3, -0.25) is 9.69 Å². The lowest BCUT2D eigenvalue weighted by Gasteiger charge is -2.33. The number of carbonyl (C=O) groups excluding carboxylic acids is 2. The van der Waals surface area contributed by atoms with Crippen LogP contribution in [0.2, 0.25) is 0 Å². The molecule has 0 bridgehead atoms. The third-order valence-corrected chi connectivity index (χ3v) is 4.12. The van der Waals surface area contributed by atoms with Crippen LogP contribution in [0.1, 0.15) is 25.1 Å². The number of carbonyl (C=O) groups is 2. The largest absolute Gasteiger partial charge is 0.453 e. The number of methoxy groups -OCH3 is 1. The summed E-state index contributed by atoms with van der Waals surface area (Å²) in [5.74, 6) is 0.544. The molecule has 0 spiro atoms. The van der Waals surface area contributed by atoms with Gasteiger partial charge in [0.1, 0.15) is 6.04 Å². The molecule has 1 N–H and O–H groups in total. The van der Waals surface area contributed by atoms with Crippen LogP contribution in [0.5, 0.6) is 0 Å². The van der Waals surface area contributed by atoms with Crippen LogP contribution < -0.4 is 5.32 Å². The van der Waals surface area contributed by atoms with Gasteiger partial charge in [0.05, 0.1) is 13.7 Å². The van der Waals surface area contributed by atoms with Gasteiger partial charge < -0.3 is 14.6 Å². The van der Waals surface area contributed by atoms with Crippen LogP contribution in [0.25, 0.3) is 11.5 Å².